The lowest BCUT2D eigenvalue weighted by Crippen LogP contribution is -2.35. The van der Waals surface area contributed by atoms with Gasteiger partial charge in [0.1, 0.15) is 5.75 Å². The summed E-state index contributed by atoms with van der Waals surface area (Å²) < 4.78 is 6.52. The van der Waals surface area contributed by atoms with Crippen LogP contribution in [0.25, 0.3) is 0 Å². The quantitative estimate of drug-likeness (QED) is 0.844. The first-order valence-corrected chi connectivity index (χ1v) is 6.05. The average Bonchev–Trinajstić information content (AvgIpc) is 2.32. The molecule has 0 aromatic heterocycles. The highest BCUT2D eigenvalue weighted by atomic mass is 79.9. The summed E-state index contributed by atoms with van der Waals surface area (Å²) in [7, 11) is 0. The highest BCUT2D eigenvalue weighted by Gasteiger charge is 2.27. The van der Waals surface area contributed by atoms with Crippen LogP contribution in [0.1, 0.15) is 13.3 Å². The van der Waals surface area contributed by atoms with Gasteiger partial charge in [0.05, 0.1) is 25.2 Å². The van der Waals surface area contributed by atoms with Crippen molar-refractivity contribution in [3.63, 3.8) is 0 Å². The van der Waals surface area contributed by atoms with Gasteiger partial charge in [-0.3, -0.25) is 0 Å². The van der Waals surface area contributed by atoms with Crippen LogP contribution in [0.2, 0.25) is 0 Å². The molecule has 0 atom stereocenters. The van der Waals surface area contributed by atoms with Crippen LogP contribution in [0.3, 0.4) is 0 Å². The molecule has 0 aliphatic rings. The number of rotatable bonds is 6. The van der Waals surface area contributed by atoms with Crippen LogP contribution >= 0.6 is 15.9 Å². The van der Waals surface area contributed by atoms with Gasteiger partial charge in [-0.05, 0) is 24.6 Å². The van der Waals surface area contributed by atoms with E-state index in [1.807, 2.05) is 31.2 Å². The summed E-state index contributed by atoms with van der Waals surface area (Å²) in [5.41, 5.74) is -0.553. The van der Waals surface area contributed by atoms with Crippen LogP contribution in [-0.2, 0) is 0 Å². The van der Waals surface area contributed by atoms with E-state index in [-0.39, 0.29) is 13.2 Å². The fourth-order valence-electron chi connectivity index (χ4n) is 1.26. The number of hydrogen-bond acceptors (Lipinski definition) is 3. The molecule has 0 bridgehead atoms. The molecule has 4 heteroatoms. The largest absolute Gasteiger partial charge is 0.493 e. The minimum Gasteiger partial charge on any atom is -0.493 e. The SMILES string of the molecule is CCC(CO)(CO)COc1cccc(Br)c1. The molecule has 16 heavy (non-hydrogen) atoms. The predicted molar refractivity (Wildman–Crippen MR) is 66.5 cm³/mol. The van der Waals surface area contributed by atoms with E-state index in [9.17, 15) is 10.2 Å². The minimum absolute atomic E-state index is 0.0754. The summed E-state index contributed by atoms with van der Waals surface area (Å²) >= 11 is 3.36. The smallest absolute Gasteiger partial charge is 0.120 e. The van der Waals surface area contributed by atoms with E-state index in [0.29, 0.717) is 13.0 Å². The Hall–Kier alpha value is -0.580. The van der Waals surface area contributed by atoms with Gasteiger partial charge >= 0.3 is 0 Å². The second-order valence-electron chi connectivity index (χ2n) is 3.92. The third-order valence-electron chi connectivity index (χ3n) is 2.76. The first kappa shape index (κ1) is 13.5. The second kappa shape index (κ2) is 6.23. The molecule has 1 rings (SSSR count). The number of halogens is 1. The molecule has 0 saturated carbocycles. The molecular formula is C12H17BrO3. The fourth-order valence-corrected chi connectivity index (χ4v) is 1.64. The molecule has 0 aliphatic carbocycles. The molecule has 0 spiro atoms. The Morgan fingerprint density at radius 3 is 2.50 bits per heavy atom. The highest BCUT2D eigenvalue weighted by molar-refractivity contribution is 9.10. The molecule has 0 fully saturated rings. The molecule has 1 aromatic carbocycles. The number of ether oxygens (including phenoxy) is 1. The summed E-state index contributed by atoms with van der Waals surface area (Å²) in [5, 5.41) is 18.5. The third kappa shape index (κ3) is 3.47. The van der Waals surface area contributed by atoms with Gasteiger partial charge < -0.3 is 14.9 Å². The second-order valence-corrected chi connectivity index (χ2v) is 4.83. The van der Waals surface area contributed by atoms with Crippen LogP contribution in [0.5, 0.6) is 5.75 Å². The van der Waals surface area contributed by atoms with Crippen LogP contribution in [0.4, 0.5) is 0 Å². The van der Waals surface area contributed by atoms with Gasteiger partial charge in [0.15, 0.2) is 0 Å². The van der Waals surface area contributed by atoms with Gasteiger partial charge in [-0.25, -0.2) is 0 Å². The Kier molecular flexibility index (Phi) is 5.25. The number of benzene rings is 1. The van der Waals surface area contributed by atoms with Gasteiger partial charge in [-0.1, -0.05) is 28.9 Å². The van der Waals surface area contributed by atoms with Gasteiger partial charge in [-0.2, -0.15) is 0 Å². The summed E-state index contributed by atoms with van der Waals surface area (Å²) in [6.45, 7) is 2.09. The van der Waals surface area contributed by atoms with Gasteiger partial charge in [0.25, 0.3) is 0 Å². The monoisotopic (exact) mass is 288 g/mol. The van der Waals surface area contributed by atoms with E-state index in [2.05, 4.69) is 15.9 Å². The molecule has 0 amide bonds. The van der Waals surface area contributed by atoms with E-state index in [1.165, 1.54) is 0 Å². The van der Waals surface area contributed by atoms with Crippen molar-refractivity contribution in [2.75, 3.05) is 19.8 Å². The van der Waals surface area contributed by atoms with Crippen molar-refractivity contribution in [1.29, 1.82) is 0 Å². The van der Waals surface area contributed by atoms with E-state index in [0.717, 1.165) is 10.2 Å². The minimum atomic E-state index is -0.553. The lowest BCUT2D eigenvalue weighted by Gasteiger charge is -2.28. The maximum atomic E-state index is 9.26. The molecule has 1 aromatic rings. The molecular weight excluding hydrogens is 272 g/mol. The number of aliphatic hydroxyl groups excluding tert-OH is 2. The van der Waals surface area contributed by atoms with Crippen LogP contribution in [-0.4, -0.2) is 30.0 Å². The zero-order valence-corrected chi connectivity index (χ0v) is 10.9. The van der Waals surface area contributed by atoms with Crippen LogP contribution in [0.15, 0.2) is 28.7 Å². The van der Waals surface area contributed by atoms with Crippen LogP contribution in [0, 0.1) is 5.41 Å². The maximum Gasteiger partial charge on any atom is 0.120 e. The van der Waals surface area contributed by atoms with Gasteiger partial charge in [0.2, 0.25) is 0 Å². The maximum absolute atomic E-state index is 9.26. The normalized spacial score (nSPS) is 11.5. The molecule has 0 heterocycles. The van der Waals surface area contributed by atoms with Crippen molar-refractivity contribution < 1.29 is 14.9 Å². The van der Waals surface area contributed by atoms with E-state index in [4.69, 9.17) is 4.74 Å². The van der Waals surface area contributed by atoms with Gasteiger partial charge in [0, 0.05) is 4.47 Å². The Morgan fingerprint density at radius 1 is 1.31 bits per heavy atom. The molecule has 0 radical (unpaired) electrons. The van der Waals surface area contributed by atoms with Gasteiger partial charge in [-0.15, -0.1) is 0 Å². The molecule has 0 aliphatic heterocycles. The molecule has 0 unspecified atom stereocenters. The fraction of sp³-hybridized carbons (Fsp3) is 0.500. The van der Waals surface area contributed by atoms with Crippen molar-refractivity contribution in [3.05, 3.63) is 28.7 Å². The van der Waals surface area contributed by atoms with Crippen molar-refractivity contribution in [3.8, 4) is 5.75 Å². The van der Waals surface area contributed by atoms with E-state index in [1.54, 1.807) is 0 Å². The lowest BCUT2D eigenvalue weighted by atomic mass is 9.88. The Morgan fingerprint density at radius 2 is 2.00 bits per heavy atom. The summed E-state index contributed by atoms with van der Waals surface area (Å²) in [6, 6.07) is 7.50. The Bertz CT molecular complexity index is 316. The first-order chi connectivity index (χ1) is 7.65. The third-order valence-corrected chi connectivity index (χ3v) is 3.26. The van der Waals surface area contributed by atoms with E-state index >= 15 is 0 Å². The Balaban J connectivity index is 2.62. The van der Waals surface area contributed by atoms with Crippen molar-refractivity contribution in [2.24, 2.45) is 5.41 Å². The summed E-state index contributed by atoms with van der Waals surface area (Å²) in [4.78, 5) is 0. The molecule has 2 N–H and O–H groups in total. The van der Waals surface area contributed by atoms with E-state index < -0.39 is 5.41 Å². The molecule has 3 nitrogen and oxygen atoms in total. The Labute approximate surface area is 104 Å². The highest BCUT2D eigenvalue weighted by Crippen LogP contribution is 2.24. The molecule has 90 valence electrons. The zero-order valence-electron chi connectivity index (χ0n) is 9.32. The average molecular weight is 289 g/mol. The first-order valence-electron chi connectivity index (χ1n) is 5.26. The lowest BCUT2D eigenvalue weighted by molar-refractivity contribution is 0.0114. The standard InChI is InChI=1S/C12H17BrO3/c1-2-12(7-14,8-15)9-16-11-5-3-4-10(13)6-11/h3-6,14-15H,2,7-9H2,1H3. The van der Waals surface area contributed by atoms with Crippen molar-refractivity contribution >= 4 is 15.9 Å². The number of aliphatic hydroxyl groups is 2. The van der Waals surface area contributed by atoms with Crippen LogP contribution < -0.4 is 4.74 Å². The summed E-state index contributed by atoms with van der Waals surface area (Å²) in [6.07, 6.45) is 0.675. The topological polar surface area (TPSA) is 49.7 Å². The summed E-state index contributed by atoms with van der Waals surface area (Å²) in [5.74, 6) is 0.731. The van der Waals surface area contributed by atoms with Crippen molar-refractivity contribution in [2.45, 2.75) is 13.3 Å². The molecule has 0 saturated heterocycles. The van der Waals surface area contributed by atoms with Crippen molar-refractivity contribution in [1.82, 2.24) is 0 Å². The predicted octanol–water partition coefficient (Wildman–Crippen LogP) is 2.21. The zero-order chi connectivity index (χ0) is 12.0. The number of hydrogen-bond donors (Lipinski definition) is 2.